The van der Waals surface area contributed by atoms with Gasteiger partial charge < -0.3 is 5.73 Å². The summed E-state index contributed by atoms with van der Waals surface area (Å²) in [4.78, 5) is 4.13. The minimum Gasteiger partial charge on any atom is -0.399 e. The van der Waals surface area contributed by atoms with Crippen LogP contribution in [0.5, 0.6) is 0 Å². The van der Waals surface area contributed by atoms with Gasteiger partial charge in [-0.3, -0.25) is 9.29 Å². The van der Waals surface area contributed by atoms with Crippen molar-refractivity contribution >= 4 is 21.4 Å². The molecule has 0 aliphatic rings. The van der Waals surface area contributed by atoms with Crippen molar-refractivity contribution in [2.45, 2.75) is 6.42 Å². The number of sulfonamides is 1. The van der Waals surface area contributed by atoms with Gasteiger partial charge in [0.2, 0.25) is 10.0 Å². The van der Waals surface area contributed by atoms with Gasteiger partial charge in [0, 0.05) is 31.0 Å². The highest BCUT2D eigenvalue weighted by atomic mass is 32.2. The van der Waals surface area contributed by atoms with E-state index in [2.05, 4.69) is 4.98 Å². The fraction of sp³-hybridized carbons (Fsp3) is 0.214. The highest BCUT2D eigenvalue weighted by Gasteiger charge is 2.18. The second-order valence-corrected chi connectivity index (χ2v) is 6.57. The minimum absolute atomic E-state index is 0.0187. The van der Waals surface area contributed by atoms with E-state index in [4.69, 9.17) is 5.73 Å². The van der Waals surface area contributed by atoms with Gasteiger partial charge in [0.25, 0.3) is 0 Å². The number of aryl methyl sites for hydroxylation is 1. The van der Waals surface area contributed by atoms with Crippen LogP contribution in [0.25, 0.3) is 0 Å². The van der Waals surface area contributed by atoms with Crippen molar-refractivity contribution in [1.29, 1.82) is 0 Å². The molecule has 0 atom stereocenters. The number of hydrogen-bond acceptors (Lipinski definition) is 4. The zero-order valence-electron chi connectivity index (χ0n) is 11.2. The summed E-state index contributed by atoms with van der Waals surface area (Å²) >= 11 is 0. The number of hydrogen-bond donors (Lipinski definition) is 1. The van der Waals surface area contributed by atoms with Gasteiger partial charge in [0.1, 0.15) is 0 Å². The van der Waals surface area contributed by atoms with E-state index in [1.165, 1.54) is 4.31 Å². The molecule has 0 aliphatic carbocycles. The Labute approximate surface area is 119 Å². The summed E-state index contributed by atoms with van der Waals surface area (Å²) in [6.45, 7) is 0. The van der Waals surface area contributed by atoms with Gasteiger partial charge in [-0.05, 0) is 36.4 Å². The molecule has 0 spiro atoms. The lowest BCUT2D eigenvalue weighted by atomic mass is 10.3. The second-order valence-electron chi connectivity index (χ2n) is 4.45. The topological polar surface area (TPSA) is 76.3 Å². The summed E-state index contributed by atoms with van der Waals surface area (Å²) in [7, 11) is -1.83. The fourth-order valence-corrected chi connectivity index (χ4v) is 2.95. The average Bonchev–Trinajstić information content (AvgIpc) is 2.46. The zero-order valence-corrected chi connectivity index (χ0v) is 12.0. The van der Waals surface area contributed by atoms with E-state index in [1.807, 2.05) is 12.1 Å². The largest absolute Gasteiger partial charge is 0.399 e. The van der Waals surface area contributed by atoms with Crippen molar-refractivity contribution < 1.29 is 8.42 Å². The molecule has 0 saturated carbocycles. The summed E-state index contributed by atoms with van der Waals surface area (Å²) in [5, 5.41) is 0. The molecule has 1 aromatic carbocycles. The quantitative estimate of drug-likeness (QED) is 0.850. The van der Waals surface area contributed by atoms with Crippen LogP contribution in [0.15, 0.2) is 48.7 Å². The predicted octanol–water partition coefficient (Wildman–Crippen LogP) is 1.67. The fourth-order valence-electron chi connectivity index (χ4n) is 1.76. The SMILES string of the molecule is CN(c1ccc(N)cc1)S(=O)(=O)CCc1ccccn1. The lowest BCUT2D eigenvalue weighted by molar-refractivity contribution is 0.593. The molecule has 2 rings (SSSR count). The van der Waals surface area contributed by atoms with Crippen molar-refractivity contribution in [3.8, 4) is 0 Å². The minimum atomic E-state index is -3.37. The van der Waals surface area contributed by atoms with E-state index in [-0.39, 0.29) is 5.75 Å². The molecule has 0 unspecified atom stereocenters. The molecule has 0 aliphatic heterocycles. The van der Waals surface area contributed by atoms with Crippen LogP contribution in [0, 0.1) is 0 Å². The molecule has 0 saturated heterocycles. The van der Waals surface area contributed by atoms with Crippen LogP contribution in [-0.2, 0) is 16.4 Å². The van der Waals surface area contributed by atoms with Gasteiger partial charge >= 0.3 is 0 Å². The maximum Gasteiger partial charge on any atom is 0.235 e. The molecule has 1 heterocycles. The number of anilines is 2. The molecule has 106 valence electrons. The maximum atomic E-state index is 12.3. The summed E-state index contributed by atoms with van der Waals surface area (Å²) in [5.41, 5.74) is 7.56. The monoisotopic (exact) mass is 291 g/mol. The Morgan fingerprint density at radius 1 is 1.15 bits per heavy atom. The van der Waals surface area contributed by atoms with Crippen molar-refractivity contribution in [3.05, 3.63) is 54.4 Å². The van der Waals surface area contributed by atoms with Gasteiger partial charge in [-0.1, -0.05) is 6.07 Å². The summed E-state index contributed by atoms with van der Waals surface area (Å²) in [6, 6.07) is 12.2. The molecule has 1 aromatic heterocycles. The molecule has 0 radical (unpaired) electrons. The van der Waals surface area contributed by atoms with Crippen molar-refractivity contribution in [3.63, 3.8) is 0 Å². The van der Waals surface area contributed by atoms with Crippen molar-refractivity contribution in [1.82, 2.24) is 4.98 Å². The number of nitrogens with zero attached hydrogens (tertiary/aromatic N) is 2. The van der Waals surface area contributed by atoms with E-state index in [9.17, 15) is 8.42 Å². The Kier molecular flexibility index (Phi) is 4.24. The van der Waals surface area contributed by atoms with Crippen LogP contribution in [0.2, 0.25) is 0 Å². The number of rotatable bonds is 5. The van der Waals surface area contributed by atoms with Gasteiger partial charge in [0.15, 0.2) is 0 Å². The van der Waals surface area contributed by atoms with Crippen LogP contribution >= 0.6 is 0 Å². The van der Waals surface area contributed by atoms with E-state index >= 15 is 0 Å². The van der Waals surface area contributed by atoms with E-state index < -0.39 is 10.0 Å². The Morgan fingerprint density at radius 3 is 2.45 bits per heavy atom. The molecule has 0 amide bonds. The first-order valence-corrected chi connectivity index (χ1v) is 7.82. The molecule has 2 N–H and O–H groups in total. The first-order valence-electron chi connectivity index (χ1n) is 6.21. The van der Waals surface area contributed by atoms with Crippen LogP contribution in [0.3, 0.4) is 0 Å². The smallest absolute Gasteiger partial charge is 0.235 e. The second kappa shape index (κ2) is 5.92. The summed E-state index contributed by atoms with van der Waals surface area (Å²) in [5.74, 6) is 0.0187. The molecule has 0 bridgehead atoms. The Hall–Kier alpha value is -2.08. The standard InChI is InChI=1S/C14H17N3O2S/c1-17(14-7-5-12(15)6-8-14)20(18,19)11-9-13-4-2-3-10-16-13/h2-8,10H,9,11,15H2,1H3. The number of pyridine rings is 1. The highest BCUT2D eigenvalue weighted by Crippen LogP contribution is 2.18. The lowest BCUT2D eigenvalue weighted by Crippen LogP contribution is -2.29. The normalized spacial score (nSPS) is 11.2. The molecule has 0 fully saturated rings. The molecule has 6 heteroatoms. The number of benzene rings is 1. The van der Waals surface area contributed by atoms with E-state index in [1.54, 1.807) is 43.6 Å². The highest BCUT2D eigenvalue weighted by molar-refractivity contribution is 7.92. The average molecular weight is 291 g/mol. The number of nitrogen functional groups attached to an aromatic ring is 1. The van der Waals surface area contributed by atoms with Gasteiger partial charge in [-0.2, -0.15) is 0 Å². The lowest BCUT2D eigenvalue weighted by Gasteiger charge is -2.19. The third-order valence-electron chi connectivity index (χ3n) is 3.02. The molecular formula is C14H17N3O2S. The third kappa shape index (κ3) is 3.48. The predicted molar refractivity (Wildman–Crippen MR) is 81.0 cm³/mol. The molecule has 2 aromatic rings. The Morgan fingerprint density at radius 2 is 1.85 bits per heavy atom. The molecule has 20 heavy (non-hydrogen) atoms. The maximum absolute atomic E-state index is 12.3. The van der Waals surface area contributed by atoms with Crippen LogP contribution < -0.4 is 10.0 Å². The van der Waals surface area contributed by atoms with Gasteiger partial charge in [0.05, 0.1) is 11.4 Å². The zero-order chi connectivity index (χ0) is 14.6. The summed E-state index contributed by atoms with van der Waals surface area (Å²) in [6.07, 6.45) is 2.05. The van der Waals surface area contributed by atoms with Crippen LogP contribution in [0.1, 0.15) is 5.69 Å². The first-order chi connectivity index (χ1) is 9.49. The first kappa shape index (κ1) is 14.3. The van der Waals surface area contributed by atoms with Crippen LogP contribution in [0.4, 0.5) is 11.4 Å². The Balaban J connectivity index is 2.08. The van der Waals surface area contributed by atoms with Crippen LogP contribution in [-0.4, -0.2) is 26.2 Å². The van der Waals surface area contributed by atoms with Gasteiger partial charge in [-0.25, -0.2) is 8.42 Å². The van der Waals surface area contributed by atoms with Crippen molar-refractivity contribution in [2.24, 2.45) is 0 Å². The number of aromatic nitrogens is 1. The van der Waals surface area contributed by atoms with E-state index in [0.717, 1.165) is 5.69 Å². The summed E-state index contributed by atoms with van der Waals surface area (Å²) < 4.78 is 25.8. The number of nitrogens with two attached hydrogens (primary N) is 1. The van der Waals surface area contributed by atoms with E-state index in [0.29, 0.717) is 17.8 Å². The van der Waals surface area contributed by atoms with Gasteiger partial charge in [-0.15, -0.1) is 0 Å². The third-order valence-corrected chi connectivity index (χ3v) is 4.78. The Bertz CT molecular complexity index is 655. The molecular weight excluding hydrogens is 274 g/mol. The molecule has 5 nitrogen and oxygen atoms in total. The van der Waals surface area contributed by atoms with Crippen molar-refractivity contribution in [2.75, 3.05) is 22.8 Å².